The molecule has 0 aliphatic carbocycles. The number of alkyl halides is 2. The summed E-state index contributed by atoms with van der Waals surface area (Å²) in [5.74, 6) is -0.778. The van der Waals surface area contributed by atoms with E-state index in [0.29, 0.717) is 16.1 Å². The molecule has 0 spiro atoms. The van der Waals surface area contributed by atoms with Crippen LogP contribution in [0, 0.1) is 11.0 Å². The number of ether oxygens (including phenoxy) is 1. The molecule has 0 saturated carbocycles. The smallest absolute Gasteiger partial charge is 0.345 e. The lowest BCUT2D eigenvalue weighted by molar-refractivity contribution is -0.615. The second-order valence-corrected chi connectivity index (χ2v) is 9.09. The van der Waals surface area contributed by atoms with Crippen LogP contribution in [0.25, 0.3) is 28.2 Å². The summed E-state index contributed by atoms with van der Waals surface area (Å²) in [4.78, 5) is 4.34. The first-order valence-electron chi connectivity index (χ1n) is 11.3. The molecule has 1 aromatic carbocycles. The van der Waals surface area contributed by atoms with Crippen molar-refractivity contribution in [1.82, 2.24) is 39.5 Å². The Morgan fingerprint density at radius 1 is 1.13 bits per heavy atom. The van der Waals surface area contributed by atoms with Crippen LogP contribution in [0.3, 0.4) is 0 Å². The van der Waals surface area contributed by atoms with Crippen molar-refractivity contribution < 1.29 is 22.6 Å². The van der Waals surface area contributed by atoms with Gasteiger partial charge in [-0.15, -0.1) is 10.2 Å². The highest BCUT2D eigenvalue weighted by Crippen LogP contribution is 2.34. The molecule has 16 heteroatoms. The number of rotatable bonds is 9. The molecule has 0 N–H and O–H groups in total. The molecule has 0 bridgehead atoms. The van der Waals surface area contributed by atoms with Crippen LogP contribution in [-0.4, -0.2) is 52.8 Å². The highest BCUT2D eigenvalue weighted by molar-refractivity contribution is 6.31. The molecule has 0 aliphatic heterocycles. The van der Waals surface area contributed by atoms with E-state index in [1.165, 1.54) is 52.4 Å². The Balaban J connectivity index is 1.55. The van der Waals surface area contributed by atoms with Crippen molar-refractivity contribution >= 4 is 23.2 Å². The molecular weight excluding hydrogens is 562 g/mol. The average Bonchev–Trinajstić information content (AvgIpc) is 3.65. The first kappa shape index (κ1) is 26.6. The molecule has 5 aromatic rings. The van der Waals surface area contributed by atoms with Crippen molar-refractivity contribution in [3.8, 4) is 28.2 Å². The third kappa shape index (κ3) is 5.44. The van der Waals surface area contributed by atoms with E-state index in [1.807, 2.05) is 0 Å². The molecular formula is C23H18Cl2F3N9O2. The summed E-state index contributed by atoms with van der Waals surface area (Å²) in [6.07, 6.45) is 7.18. The van der Waals surface area contributed by atoms with E-state index >= 15 is 4.39 Å². The van der Waals surface area contributed by atoms with E-state index in [9.17, 15) is 14.0 Å². The van der Waals surface area contributed by atoms with Crippen molar-refractivity contribution in [3.63, 3.8) is 0 Å². The van der Waals surface area contributed by atoms with Gasteiger partial charge in [-0.3, -0.25) is 0 Å². The number of aryl methyl sites for hydroxylation is 1. The average molecular weight is 580 g/mol. The van der Waals surface area contributed by atoms with E-state index in [-0.39, 0.29) is 45.7 Å². The van der Waals surface area contributed by atoms with Crippen molar-refractivity contribution in [3.05, 3.63) is 82.3 Å². The Kier molecular flexibility index (Phi) is 7.50. The highest BCUT2D eigenvalue weighted by Gasteiger charge is 2.26. The fraction of sp³-hybridized carbons (Fsp3) is 0.217. The van der Waals surface area contributed by atoms with E-state index in [4.69, 9.17) is 23.2 Å². The standard InChI is InChI=1S/C23H18Cl2F3N9O2/c1-34-19(8-30-32-34)15-10-35(12-29-15)16(6-7-39-23(27)28)17-4-2-13(9-37(17)38)21-18(5-3-14(24)22(21)26)36-11-20(25)31-33-36/h2-5,8-12,16,23H,6-7H2,1H3/t16-/m1/s1. The molecule has 1 atom stereocenters. The zero-order valence-electron chi connectivity index (χ0n) is 20.0. The topological polar surface area (TPSA) is 115 Å². The van der Waals surface area contributed by atoms with Gasteiger partial charge in [-0.2, -0.15) is 13.5 Å². The lowest BCUT2D eigenvalue weighted by atomic mass is 10.0. The summed E-state index contributed by atoms with van der Waals surface area (Å²) in [5, 5.41) is 28.5. The van der Waals surface area contributed by atoms with Gasteiger partial charge in [0.05, 0.1) is 47.2 Å². The lowest BCUT2D eigenvalue weighted by Gasteiger charge is -2.19. The SMILES string of the molecule is Cn1nncc1-c1cn([C@H](CCOC(F)F)c2ccc(-c3c(-n4cc(Cl)nn4)ccc(Cl)c3F)c[n+]2[O-])cn1. The second-order valence-electron chi connectivity index (χ2n) is 8.29. The molecule has 0 fully saturated rings. The Labute approximate surface area is 228 Å². The van der Waals surface area contributed by atoms with Gasteiger partial charge in [0.2, 0.25) is 5.69 Å². The van der Waals surface area contributed by atoms with Gasteiger partial charge in [0.25, 0.3) is 0 Å². The van der Waals surface area contributed by atoms with Gasteiger partial charge in [0, 0.05) is 25.7 Å². The van der Waals surface area contributed by atoms with Crippen molar-refractivity contribution in [2.75, 3.05) is 6.61 Å². The predicted octanol–water partition coefficient (Wildman–Crippen LogP) is 4.22. The second kappa shape index (κ2) is 11.0. The van der Waals surface area contributed by atoms with Gasteiger partial charge in [-0.25, -0.2) is 18.7 Å². The normalized spacial score (nSPS) is 12.4. The molecule has 11 nitrogen and oxygen atoms in total. The molecule has 5 rings (SSSR count). The van der Waals surface area contributed by atoms with Gasteiger partial charge in [0.15, 0.2) is 17.2 Å². The zero-order valence-corrected chi connectivity index (χ0v) is 21.5. The molecule has 0 radical (unpaired) electrons. The Bertz CT molecular complexity index is 1620. The van der Waals surface area contributed by atoms with Crippen LogP contribution in [0.5, 0.6) is 0 Å². The summed E-state index contributed by atoms with van der Waals surface area (Å²) in [6, 6.07) is 5.09. The minimum Gasteiger partial charge on any atom is -0.618 e. The van der Waals surface area contributed by atoms with Crippen LogP contribution in [0.4, 0.5) is 13.2 Å². The van der Waals surface area contributed by atoms with Crippen LogP contribution in [0.1, 0.15) is 18.2 Å². The summed E-state index contributed by atoms with van der Waals surface area (Å²) in [6.45, 7) is -3.31. The number of benzene rings is 1. The largest absolute Gasteiger partial charge is 0.618 e. The van der Waals surface area contributed by atoms with Gasteiger partial charge >= 0.3 is 6.61 Å². The molecule has 0 amide bonds. The van der Waals surface area contributed by atoms with Crippen LogP contribution >= 0.6 is 23.2 Å². The van der Waals surface area contributed by atoms with Crippen LogP contribution < -0.4 is 4.73 Å². The summed E-state index contributed by atoms with van der Waals surface area (Å²) >= 11 is 11.9. The van der Waals surface area contributed by atoms with E-state index in [0.717, 1.165) is 6.20 Å². The monoisotopic (exact) mass is 579 g/mol. The van der Waals surface area contributed by atoms with Gasteiger partial charge < -0.3 is 14.5 Å². The van der Waals surface area contributed by atoms with Crippen LogP contribution in [0.2, 0.25) is 10.2 Å². The van der Waals surface area contributed by atoms with Gasteiger partial charge in [0.1, 0.15) is 17.4 Å². The number of halogens is 5. The maximum Gasteiger partial charge on any atom is 0.345 e. The van der Waals surface area contributed by atoms with Crippen molar-refractivity contribution in [2.24, 2.45) is 7.05 Å². The number of nitrogens with zero attached hydrogens (tertiary/aromatic N) is 9. The number of imidazole rings is 1. The molecule has 202 valence electrons. The third-order valence-corrected chi connectivity index (χ3v) is 6.40. The first-order valence-corrected chi connectivity index (χ1v) is 12.1. The quantitative estimate of drug-likeness (QED) is 0.189. The number of pyridine rings is 1. The van der Waals surface area contributed by atoms with Crippen molar-refractivity contribution in [2.45, 2.75) is 19.1 Å². The van der Waals surface area contributed by atoms with Gasteiger partial charge in [-0.05, 0) is 18.2 Å². The fourth-order valence-electron chi connectivity index (χ4n) is 4.15. The maximum atomic E-state index is 15.3. The van der Waals surface area contributed by atoms with Crippen LogP contribution in [0.15, 0.2) is 55.4 Å². The van der Waals surface area contributed by atoms with E-state index < -0.39 is 18.5 Å². The zero-order chi connectivity index (χ0) is 27.7. The van der Waals surface area contributed by atoms with E-state index in [1.54, 1.807) is 17.8 Å². The van der Waals surface area contributed by atoms with Crippen LogP contribution in [-0.2, 0) is 11.8 Å². The lowest BCUT2D eigenvalue weighted by Crippen LogP contribution is -2.35. The summed E-state index contributed by atoms with van der Waals surface area (Å²) < 4.78 is 50.0. The number of hydrogen-bond donors (Lipinski definition) is 0. The van der Waals surface area contributed by atoms with E-state index in [2.05, 4.69) is 30.3 Å². The van der Waals surface area contributed by atoms with Gasteiger partial charge in [-0.1, -0.05) is 33.6 Å². The molecule has 4 heterocycles. The number of hydrogen-bond acceptors (Lipinski definition) is 7. The summed E-state index contributed by atoms with van der Waals surface area (Å²) in [7, 11) is 1.69. The Morgan fingerprint density at radius 2 is 1.95 bits per heavy atom. The molecule has 0 aliphatic rings. The Hall–Kier alpha value is -4.01. The minimum absolute atomic E-state index is 0.00794. The minimum atomic E-state index is -2.97. The predicted molar refractivity (Wildman–Crippen MR) is 133 cm³/mol. The molecule has 0 saturated heterocycles. The molecule has 4 aromatic heterocycles. The number of aromatic nitrogens is 9. The van der Waals surface area contributed by atoms with Crippen molar-refractivity contribution in [1.29, 1.82) is 0 Å². The summed E-state index contributed by atoms with van der Waals surface area (Å²) in [5.41, 5.74) is 1.72. The maximum absolute atomic E-state index is 15.3. The molecule has 39 heavy (non-hydrogen) atoms. The first-order chi connectivity index (χ1) is 18.7. The third-order valence-electron chi connectivity index (χ3n) is 5.93. The fourth-order valence-corrected chi connectivity index (χ4v) is 4.43. The highest BCUT2D eigenvalue weighted by atomic mass is 35.5. The Morgan fingerprint density at radius 3 is 2.62 bits per heavy atom. The molecule has 0 unspecified atom stereocenters.